The van der Waals surface area contributed by atoms with Crippen molar-refractivity contribution in [1.82, 2.24) is 9.99 Å². The summed E-state index contributed by atoms with van der Waals surface area (Å²) in [7, 11) is 1.87. The molecule has 4 aromatic rings. The Bertz CT molecular complexity index is 1180. The van der Waals surface area contributed by atoms with E-state index in [-0.39, 0.29) is 5.91 Å². The molecule has 0 aliphatic rings. The van der Waals surface area contributed by atoms with Crippen molar-refractivity contribution in [3.05, 3.63) is 102 Å². The summed E-state index contributed by atoms with van der Waals surface area (Å²) in [6.07, 6.45) is 3.59. The van der Waals surface area contributed by atoms with Crippen molar-refractivity contribution in [2.75, 3.05) is 6.61 Å². The molecule has 3 aromatic carbocycles. The Balaban J connectivity index is 1.26. The van der Waals surface area contributed by atoms with Crippen LogP contribution in [0, 0.1) is 0 Å². The van der Waals surface area contributed by atoms with E-state index in [2.05, 4.69) is 34.8 Å². The van der Waals surface area contributed by atoms with E-state index in [4.69, 9.17) is 4.74 Å². The number of carbonyl (C=O) groups excluding carboxylic acids is 1. The average molecular weight is 412 g/mol. The van der Waals surface area contributed by atoms with Crippen LogP contribution in [0.15, 0.2) is 90.0 Å². The smallest absolute Gasteiger partial charge is 0.287 e. The number of nitrogens with one attached hydrogen (secondary N) is 1. The number of hydrogen-bond donors (Lipinski definition) is 1. The lowest BCUT2D eigenvalue weighted by Gasteiger charge is -2.06. The van der Waals surface area contributed by atoms with Crippen LogP contribution in [0.25, 0.3) is 10.9 Å². The molecular weight excluding hydrogens is 386 g/mol. The highest BCUT2D eigenvalue weighted by atomic mass is 16.5. The molecule has 0 aliphatic carbocycles. The van der Waals surface area contributed by atoms with E-state index in [9.17, 15) is 4.79 Å². The first-order valence-electron chi connectivity index (χ1n) is 10.4. The summed E-state index contributed by atoms with van der Waals surface area (Å²) in [4.78, 5) is 12.5. The van der Waals surface area contributed by atoms with Gasteiger partial charge in [0.2, 0.25) is 0 Å². The molecule has 5 nitrogen and oxygen atoms in total. The Morgan fingerprint density at radius 1 is 1.00 bits per heavy atom. The van der Waals surface area contributed by atoms with Gasteiger partial charge in [0.05, 0.1) is 12.8 Å². The van der Waals surface area contributed by atoms with Gasteiger partial charge >= 0.3 is 0 Å². The molecular formula is C26H25N3O2. The van der Waals surface area contributed by atoms with Crippen LogP contribution in [-0.2, 0) is 13.5 Å². The van der Waals surface area contributed by atoms with Crippen LogP contribution >= 0.6 is 0 Å². The predicted octanol–water partition coefficient (Wildman–Crippen LogP) is 4.95. The fourth-order valence-electron chi connectivity index (χ4n) is 3.49. The first-order chi connectivity index (χ1) is 15.2. The van der Waals surface area contributed by atoms with Gasteiger partial charge in [0.1, 0.15) is 11.4 Å². The van der Waals surface area contributed by atoms with E-state index in [1.54, 1.807) is 6.21 Å². The third-order valence-corrected chi connectivity index (χ3v) is 5.17. The molecule has 5 heteroatoms. The maximum Gasteiger partial charge on any atom is 0.287 e. The Morgan fingerprint density at radius 2 is 1.74 bits per heavy atom. The third-order valence-electron chi connectivity index (χ3n) is 5.17. The van der Waals surface area contributed by atoms with Crippen LogP contribution in [0.4, 0.5) is 0 Å². The van der Waals surface area contributed by atoms with E-state index in [0.29, 0.717) is 12.3 Å². The lowest BCUT2D eigenvalue weighted by molar-refractivity contribution is 0.0947. The number of benzene rings is 3. The zero-order valence-electron chi connectivity index (χ0n) is 17.5. The number of nitrogens with zero attached hydrogens (tertiary/aromatic N) is 2. The number of rotatable bonds is 8. The summed E-state index contributed by atoms with van der Waals surface area (Å²) in [5.74, 6) is 0.582. The van der Waals surface area contributed by atoms with Gasteiger partial charge in [0.25, 0.3) is 5.91 Å². The van der Waals surface area contributed by atoms with E-state index >= 15 is 0 Å². The van der Waals surface area contributed by atoms with Crippen molar-refractivity contribution in [1.29, 1.82) is 0 Å². The number of hydrogen-bond acceptors (Lipinski definition) is 3. The quantitative estimate of drug-likeness (QED) is 0.253. The average Bonchev–Trinajstić information content (AvgIpc) is 3.15. The van der Waals surface area contributed by atoms with Gasteiger partial charge in [-0.05, 0) is 60.4 Å². The van der Waals surface area contributed by atoms with Crippen LogP contribution in [0.3, 0.4) is 0 Å². The highest BCUT2D eigenvalue weighted by Gasteiger charge is 2.12. The molecule has 0 spiro atoms. The van der Waals surface area contributed by atoms with Crippen molar-refractivity contribution in [3.63, 3.8) is 0 Å². The van der Waals surface area contributed by atoms with Crippen LogP contribution < -0.4 is 10.2 Å². The molecule has 0 aliphatic heterocycles. The van der Waals surface area contributed by atoms with E-state index in [0.717, 1.165) is 35.1 Å². The normalized spacial score (nSPS) is 11.1. The van der Waals surface area contributed by atoms with Gasteiger partial charge in [-0.2, -0.15) is 5.10 Å². The fraction of sp³-hybridized carbons (Fsp3) is 0.154. The van der Waals surface area contributed by atoms with E-state index < -0.39 is 0 Å². The fourth-order valence-corrected chi connectivity index (χ4v) is 3.49. The molecule has 156 valence electrons. The lowest BCUT2D eigenvalue weighted by Crippen LogP contribution is -2.20. The minimum atomic E-state index is -0.242. The number of ether oxygens (including phenoxy) is 1. The van der Waals surface area contributed by atoms with Crippen molar-refractivity contribution >= 4 is 23.0 Å². The van der Waals surface area contributed by atoms with Gasteiger partial charge in [-0.15, -0.1) is 0 Å². The number of aryl methyl sites for hydroxylation is 2. The van der Waals surface area contributed by atoms with E-state index in [1.807, 2.05) is 72.3 Å². The Kier molecular flexibility index (Phi) is 6.43. The Morgan fingerprint density at radius 3 is 2.52 bits per heavy atom. The molecule has 0 radical (unpaired) electrons. The summed E-state index contributed by atoms with van der Waals surface area (Å²) in [5.41, 5.74) is 6.38. The highest BCUT2D eigenvalue weighted by Crippen LogP contribution is 2.18. The van der Waals surface area contributed by atoms with Gasteiger partial charge < -0.3 is 9.30 Å². The number of carbonyl (C=O) groups is 1. The number of amides is 1. The molecule has 31 heavy (non-hydrogen) atoms. The minimum Gasteiger partial charge on any atom is -0.494 e. The molecule has 0 unspecified atom stereocenters. The second kappa shape index (κ2) is 9.76. The van der Waals surface area contributed by atoms with Crippen molar-refractivity contribution in [2.45, 2.75) is 12.8 Å². The predicted molar refractivity (Wildman–Crippen MR) is 125 cm³/mol. The molecule has 0 saturated carbocycles. The molecule has 4 rings (SSSR count). The minimum absolute atomic E-state index is 0.242. The molecule has 1 N–H and O–H groups in total. The molecule has 1 amide bonds. The largest absolute Gasteiger partial charge is 0.494 e. The SMILES string of the molecule is Cn1c(C(=O)N/N=C/c2ccc(OCCCc3ccccc3)cc2)cc2ccccc21. The molecule has 0 bridgehead atoms. The van der Waals surface area contributed by atoms with Gasteiger partial charge in [-0.3, -0.25) is 4.79 Å². The summed E-state index contributed by atoms with van der Waals surface area (Å²) >= 11 is 0. The topological polar surface area (TPSA) is 55.6 Å². The van der Waals surface area contributed by atoms with Crippen LogP contribution in [-0.4, -0.2) is 23.3 Å². The lowest BCUT2D eigenvalue weighted by atomic mass is 10.1. The molecule has 1 aromatic heterocycles. The Hall–Kier alpha value is -3.86. The molecule has 1 heterocycles. The standard InChI is InChI=1S/C26H25N3O2/c1-29-24-12-6-5-11-22(24)18-25(29)26(30)28-27-19-21-13-15-23(16-14-21)31-17-7-10-20-8-3-2-4-9-20/h2-6,8-9,11-16,18-19H,7,10,17H2,1H3,(H,28,30)/b27-19+. The van der Waals surface area contributed by atoms with Crippen LogP contribution in [0.2, 0.25) is 0 Å². The highest BCUT2D eigenvalue weighted by molar-refractivity contribution is 5.99. The van der Waals surface area contributed by atoms with Gasteiger partial charge in [0.15, 0.2) is 0 Å². The first kappa shape index (κ1) is 20.4. The monoisotopic (exact) mass is 411 g/mol. The van der Waals surface area contributed by atoms with Crippen LogP contribution in [0.5, 0.6) is 5.75 Å². The number of hydrazone groups is 1. The summed E-state index contributed by atoms with van der Waals surface area (Å²) in [6, 6.07) is 27.8. The number of aromatic nitrogens is 1. The maximum atomic E-state index is 12.5. The van der Waals surface area contributed by atoms with Gasteiger partial charge in [0, 0.05) is 18.0 Å². The maximum absolute atomic E-state index is 12.5. The zero-order chi connectivity index (χ0) is 21.5. The summed E-state index contributed by atoms with van der Waals surface area (Å²) in [6.45, 7) is 0.670. The number of fused-ring (bicyclic) bond motifs is 1. The first-order valence-corrected chi connectivity index (χ1v) is 10.4. The van der Waals surface area contributed by atoms with Crippen molar-refractivity contribution < 1.29 is 9.53 Å². The van der Waals surface area contributed by atoms with E-state index in [1.165, 1.54) is 5.56 Å². The molecule has 0 atom stereocenters. The summed E-state index contributed by atoms with van der Waals surface area (Å²) in [5, 5.41) is 5.12. The van der Waals surface area contributed by atoms with Crippen LogP contribution in [0.1, 0.15) is 28.0 Å². The third kappa shape index (κ3) is 5.20. The second-order valence-electron chi connectivity index (χ2n) is 7.35. The van der Waals surface area contributed by atoms with Crippen molar-refractivity contribution in [2.24, 2.45) is 12.1 Å². The number of para-hydroxylation sites is 1. The van der Waals surface area contributed by atoms with Gasteiger partial charge in [-0.25, -0.2) is 5.43 Å². The summed E-state index contributed by atoms with van der Waals surface area (Å²) < 4.78 is 7.67. The van der Waals surface area contributed by atoms with Gasteiger partial charge in [-0.1, -0.05) is 48.5 Å². The zero-order valence-corrected chi connectivity index (χ0v) is 17.5. The molecule has 0 saturated heterocycles. The molecule has 0 fully saturated rings. The Labute approximate surface area is 182 Å². The van der Waals surface area contributed by atoms with Crippen molar-refractivity contribution in [3.8, 4) is 5.75 Å². The second-order valence-corrected chi connectivity index (χ2v) is 7.35.